The summed E-state index contributed by atoms with van der Waals surface area (Å²) < 4.78 is 50.1. The maximum Gasteiger partial charge on any atom is 0.416 e. The zero-order valence-corrected chi connectivity index (χ0v) is 18.1. The quantitative estimate of drug-likeness (QED) is 0.164. The number of hydrogen-bond donors (Lipinski definition) is 1. The average molecular weight is 485 g/mol. The van der Waals surface area contributed by atoms with Crippen molar-refractivity contribution in [1.82, 2.24) is 9.97 Å². The van der Waals surface area contributed by atoms with Gasteiger partial charge in [-0.2, -0.15) is 13.2 Å². The highest BCUT2D eigenvalue weighted by Crippen LogP contribution is 2.37. The van der Waals surface area contributed by atoms with Crippen LogP contribution in [-0.4, -0.2) is 28.0 Å². The molecule has 0 fully saturated rings. The second-order valence-corrected chi connectivity index (χ2v) is 7.23. The molecular formula is C20H16ClF3N4O5. The number of non-ortho nitro benzene ring substituents is 1. The number of hydrogen-bond acceptors (Lipinski definition) is 8. The number of nitro groups is 1. The Morgan fingerprint density at radius 1 is 1.18 bits per heavy atom. The van der Waals surface area contributed by atoms with Gasteiger partial charge in [0.25, 0.3) is 5.69 Å². The molecule has 3 aromatic rings. The Kier molecular flexibility index (Phi) is 6.58. The number of ether oxygens (including phenoxy) is 2. The third-order valence-electron chi connectivity index (χ3n) is 4.54. The lowest BCUT2D eigenvalue weighted by molar-refractivity contribution is -0.385. The molecule has 0 aliphatic rings. The van der Waals surface area contributed by atoms with E-state index in [9.17, 15) is 28.1 Å². The van der Waals surface area contributed by atoms with Crippen LogP contribution >= 0.6 is 11.6 Å². The van der Waals surface area contributed by atoms with Crippen molar-refractivity contribution in [3.63, 3.8) is 0 Å². The normalized spacial score (nSPS) is 12.3. The Morgan fingerprint density at radius 3 is 2.45 bits per heavy atom. The van der Waals surface area contributed by atoms with Crippen molar-refractivity contribution in [2.45, 2.75) is 26.1 Å². The van der Waals surface area contributed by atoms with Gasteiger partial charge in [0.05, 0.1) is 29.2 Å². The van der Waals surface area contributed by atoms with Crippen LogP contribution in [0.5, 0.6) is 11.5 Å². The smallest absolute Gasteiger partial charge is 0.416 e. The molecule has 0 bridgehead atoms. The number of methoxy groups -OCH3 is 1. The van der Waals surface area contributed by atoms with E-state index in [1.54, 1.807) is 0 Å². The molecule has 0 amide bonds. The van der Waals surface area contributed by atoms with Crippen molar-refractivity contribution in [3.8, 4) is 11.5 Å². The van der Waals surface area contributed by atoms with E-state index in [2.05, 4.69) is 15.3 Å². The number of carbonyl (C=O) groups excluding carboxylic acids is 1. The van der Waals surface area contributed by atoms with Crippen LogP contribution in [0.15, 0.2) is 30.3 Å². The second kappa shape index (κ2) is 9.06. The molecule has 1 aromatic heterocycles. The number of benzene rings is 2. The third kappa shape index (κ3) is 5.40. The molecule has 2 aromatic carbocycles. The van der Waals surface area contributed by atoms with Crippen LogP contribution in [-0.2, 0) is 11.0 Å². The van der Waals surface area contributed by atoms with Crippen molar-refractivity contribution in [2.75, 3.05) is 12.4 Å². The summed E-state index contributed by atoms with van der Waals surface area (Å²) in [6.45, 7) is 2.70. The van der Waals surface area contributed by atoms with Crippen LogP contribution in [0.3, 0.4) is 0 Å². The van der Waals surface area contributed by atoms with Gasteiger partial charge in [0.1, 0.15) is 5.82 Å². The molecule has 3 rings (SSSR count). The minimum atomic E-state index is -4.78. The lowest BCUT2D eigenvalue weighted by Gasteiger charge is -2.18. The fourth-order valence-electron chi connectivity index (χ4n) is 3.05. The molecule has 1 N–H and O–H groups in total. The molecule has 0 saturated carbocycles. The summed E-state index contributed by atoms with van der Waals surface area (Å²) >= 11 is 6.00. The maximum atomic E-state index is 13.2. The van der Waals surface area contributed by atoms with Gasteiger partial charge in [0.15, 0.2) is 11.5 Å². The molecule has 33 heavy (non-hydrogen) atoms. The summed E-state index contributed by atoms with van der Waals surface area (Å²) in [4.78, 5) is 29.8. The summed E-state index contributed by atoms with van der Waals surface area (Å²) in [5, 5.41) is 14.2. The van der Waals surface area contributed by atoms with Crippen molar-refractivity contribution in [3.05, 3.63) is 56.9 Å². The van der Waals surface area contributed by atoms with E-state index in [0.29, 0.717) is 17.0 Å². The van der Waals surface area contributed by atoms with Gasteiger partial charge in [0.2, 0.25) is 5.28 Å². The molecule has 0 saturated heterocycles. The monoisotopic (exact) mass is 484 g/mol. The Labute approximate surface area is 189 Å². The zero-order chi connectivity index (χ0) is 24.5. The van der Waals surface area contributed by atoms with Crippen molar-refractivity contribution < 1.29 is 32.4 Å². The number of carbonyl (C=O) groups is 1. The molecule has 174 valence electrons. The highest BCUT2D eigenvalue weighted by atomic mass is 35.5. The minimum Gasteiger partial charge on any atom is -0.493 e. The summed E-state index contributed by atoms with van der Waals surface area (Å²) in [6, 6.07) is 4.31. The predicted molar refractivity (Wildman–Crippen MR) is 113 cm³/mol. The Bertz CT molecular complexity index is 1250. The standard InChI is InChI=1S/C20H16ClF3N4O5/c1-9(11-4-12(20(22,23)24)6-13(5-11)28(30)31)25-18-14-7-17(33-10(2)29)16(32-3)8-15(14)26-19(21)27-18/h4-9H,1-3H3,(H,25,26,27). The Hall–Kier alpha value is -3.67. The number of nitrogens with zero attached hydrogens (tertiary/aromatic N) is 3. The van der Waals surface area contributed by atoms with E-state index in [-0.39, 0.29) is 28.2 Å². The van der Waals surface area contributed by atoms with Crippen molar-refractivity contribution in [2.24, 2.45) is 0 Å². The molecule has 1 heterocycles. The number of halogens is 4. The van der Waals surface area contributed by atoms with Gasteiger partial charge in [-0.25, -0.2) is 9.97 Å². The van der Waals surface area contributed by atoms with Gasteiger partial charge in [-0.3, -0.25) is 14.9 Å². The first-order chi connectivity index (χ1) is 15.4. The topological polar surface area (TPSA) is 116 Å². The molecule has 1 unspecified atom stereocenters. The van der Waals surface area contributed by atoms with E-state index >= 15 is 0 Å². The second-order valence-electron chi connectivity index (χ2n) is 6.89. The number of fused-ring (bicyclic) bond motifs is 1. The number of nitro benzene ring substituents is 1. The maximum absolute atomic E-state index is 13.2. The lowest BCUT2D eigenvalue weighted by atomic mass is 10.0. The molecule has 0 aliphatic heterocycles. The molecule has 13 heteroatoms. The van der Waals surface area contributed by atoms with E-state index in [1.807, 2.05) is 0 Å². The van der Waals surface area contributed by atoms with E-state index < -0.39 is 34.4 Å². The molecule has 0 aliphatic carbocycles. The van der Waals surface area contributed by atoms with Gasteiger partial charge in [-0.1, -0.05) is 0 Å². The SMILES string of the molecule is COc1cc2nc(Cl)nc(NC(C)c3cc([N+](=O)[O-])cc(C(F)(F)F)c3)c2cc1OC(C)=O. The number of nitrogens with one attached hydrogen (secondary N) is 1. The first kappa shape index (κ1) is 24.0. The number of rotatable bonds is 6. The Morgan fingerprint density at radius 2 is 1.88 bits per heavy atom. The molecule has 0 radical (unpaired) electrons. The van der Waals surface area contributed by atoms with Crippen molar-refractivity contribution in [1.29, 1.82) is 0 Å². The van der Waals surface area contributed by atoms with Gasteiger partial charge >= 0.3 is 12.1 Å². The zero-order valence-electron chi connectivity index (χ0n) is 17.4. The first-order valence-electron chi connectivity index (χ1n) is 9.26. The fraction of sp³-hybridized carbons (Fsp3) is 0.250. The van der Waals surface area contributed by atoms with E-state index in [4.69, 9.17) is 21.1 Å². The Balaban J connectivity index is 2.10. The van der Waals surface area contributed by atoms with Crippen LogP contribution in [0, 0.1) is 10.1 Å². The molecule has 1 atom stereocenters. The van der Waals surface area contributed by atoms with Crippen LogP contribution in [0.2, 0.25) is 5.28 Å². The highest BCUT2D eigenvalue weighted by molar-refractivity contribution is 6.28. The average Bonchev–Trinajstić information content (AvgIpc) is 2.72. The van der Waals surface area contributed by atoms with E-state index in [1.165, 1.54) is 33.1 Å². The number of alkyl halides is 3. The summed E-state index contributed by atoms with van der Waals surface area (Å²) in [7, 11) is 1.36. The van der Waals surface area contributed by atoms with Gasteiger partial charge in [-0.05, 0) is 36.2 Å². The van der Waals surface area contributed by atoms with Gasteiger partial charge < -0.3 is 14.8 Å². The van der Waals surface area contributed by atoms with Crippen LogP contribution in [0.4, 0.5) is 24.7 Å². The molecular weight excluding hydrogens is 469 g/mol. The number of aromatic nitrogens is 2. The summed E-state index contributed by atoms with van der Waals surface area (Å²) in [5.41, 5.74) is -1.57. The summed E-state index contributed by atoms with van der Waals surface area (Å²) in [5.74, 6) is -0.246. The summed E-state index contributed by atoms with van der Waals surface area (Å²) in [6.07, 6.45) is -4.78. The van der Waals surface area contributed by atoms with Crippen molar-refractivity contribution >= 4 is 40.0 Å². The largest absolute Gasteiger partial charge is 0.493 e. The predicted octanol–water partition coefficient (Wildman–Crippen LogP) is 5.32. The lowest BCUT2D eigenvalue weighted by Crippen LogP contribution is -2.12. The minimum absolute atomic E-state index is 0.00636. The fourth-order valence-corrected chi connectivity index (χ4v) is 3.23. The van der Waals surface area contributed by atoms with E-state index in [0.717, 1.165) is 12.1 Å². The molecule has 0 spiro atoms. The number of esters is 1. The van der Waals surface area contributed by atoms with Gasteiger partial charge in [0, 0.05) is 30.5 Å². The first-order valence-corrected chi connectivity index (χ1v) is 9.63. The molecule has 9 nitrogen and oxygen atoms in total. The number of anilines is 1. The van der Waals surface area contributed by atoms with Crippen LogP contribution in [0.1, 0.15) is 31.0 Å². The van der Waals surface area contributed by atoms with Gasteiger partial charge in [-0.15, -0.1) is 0 Å². The van der Waals surface area contributed by atoms with Crippen LogP contribution in [0.25, 0.3) is 10.9 Å². The third-order valence-corrected chi connectivity index (χ3v) is 4.71. The van der Waals surface area contributed by atoms with Crippen LogP contribution < -0.4 is 14.8 Å². The highest BCUT2D eigenvalue weighted by Gasteiger charge is 2.33.